The van der Waals surface area contributed by atoms with E-state index in [0.29, 0.717) is 5.54 Å². The Morgan fingerprint density at radius 1 is 1.32 bits per heavy atom. The van der Waals surface area contributed by atoms with E-state index < -0.39 is 0 Å². The van der Waals surface area contributed by atoms with Crippen molar-refractivity contribution < 1.29 is 0 Å². The molecular weight excluding hydrogens is 254 g/mol. The molecule has 1 aliphatic heterocycles. The number of thiazole rings is 1. The summed E-state index contributed by atoms with van der Waals surface area (Å²) < 4.78 is 0. The first-order valence-electron chi connectivity index (χ1n) is 7.49. The summed E-state index contributed by atoms with van der Waals surface area (Å²) >= 11 is 1.86. The van der Waals surface area contributed by atoms with Crippen molar-refractivity contribution in [3.8, 4) is 0 Å². The number of hydrogen-bond donors (Lipinski definition) is 1. The second kappa shape index (κ2) is 6.33. The van der Waals surface area contributed by atoms with Gasteiger partial charge in [-0.25, -0.2) is 4.98 Å². The zero-order valence-electron chi connectivity index (χ0n) is 12.8. The van der Waals surface area contributed by atoms with E-state index in [1.165, 1.54) is 41.4 Å². The van der Waals surface area contributed by atoms with Gasteiger partial charge in [0, 0.05) is 17.0 Å². The molecule has 1 aliphatic rings. The van der Waals surface area contributed by atoms with Gasteiger partial charge in [0.15, 0.2) is 0 Å². The summed E-state index contributed by atoms with van der Waals surface area (Å²) in [5, 5.41) is 5.04. The highest BCUT2D eigenvalue weighted by Crippen LogP contribution is 2.23. The average Bonchev–Trinajstić information content (AvgIpc) is 2.62. The van der Waals surface area contributed by atoms with Gasteiger partial charge in [0.25, 0.3) is 0 Å². The smallest absolute Gasteiger partial charge is 0.107 e. The van der Waals surface area contributed by atoms with Gasteiger partial charge >= 0.3 is 0 Å². The standard InChI is InChI=1S/C15H27N3S/c1-5-15(6-2)11-18(9-7-8-16-15)10-14-17-12(3)13(4)19-14/h16H,5-11H2,1-4H3. The Balaban J connectivity index is 2.06. The van der Waals surface area contributed by atoms with Gasteiger partial charge in [-0.1, -0.05) is 13.8 Å². The number of nitrogens with zero attached hydrogens (tertiary/aromatic N) is 2. The van der Waals surface area contributed by atoms with Crippen molar-refractivity contribution >= 4 is 11.3 Å². The molecule has 0 unspecified atom stereocenters. The van der Waals surface area contributed by atoms with Crippen molar-refractivity contribution in [2.75, 3.05) is 19.6 Å². The Morgan fingerprint density at radius 3 is 2.63 bits per heavy atom. The van der Waals surface area contributed by atoms with E-state index in [1.807, 2.05) is 11.3 Å². The van der Waals surface area contributed by atoms with Gasteiger partial charge in [-0.3, -0.25) is 4.90 Å². The van der Waals surface area contributed by atoms with Crippen molar-refractivity contribution in [3.63, 3.8) is 0 Å². The van der Waals surface area contributed by atoms with E-state index in [2.05, 4.69) is 37.9 Å². The van der Waals surface area contributed by atoms with E-state index in [-0.39, 0.29) is 0 Å². The topological polar surface area (TPSA) is 28.2 Å². The highest BCUT2D eigenvalue weighted by atomic mass is 32.1. The molecule has 0 aromatic carbocycles. The highest BCUT2D eigenvalue weighted by Gasteiger charge is 2.30. The molecule has 1 fully saturated rings. The van der Waals surface area contributed by atoms with Crippen LogP contribution in [0.15, 0.2) is 0 Å². The summed E-state index contributed by atoms with van der Waals surface area (Å²) in [6.07, 6.45) is 3.65. The number of rotatable bonds is 4. The lowest BCUT2D eigenvalue weighted by Gasteiger charge is -2.35. The van der Waals surface area contributed by atoms with Crippen LogP contribution >= 0.6 is 11.3 Å². The predicted octanol–water partition coefficient (Wildman–Crippen LogP) is 3.11. The van der Waals surface area contributed by atoms with Crippen LogP contribution in [0.1, 0.15) is 48.7 Å². The fourth-order valence-corrected chi connectivity index (χ4v) is 3.85. The average molecular weight is 281 g/mol. The van der Waals surface area contributed by atoms with E-state index in [0.717, 1.165) is 19.6 Å². The van der Waals surface area contributed by atoms with Gasteiger partial charge in [0.2, 0.25) is 0 Å². The molecule has 1 aromatic heterocycles. The lowest BCUT2D eigenvalue weighted by atomic mass is 9.92. The Hall–Kier alpha value is -0.450. The Kier molecular flexibility index (Phi) is 4.98. The van der Waals surface area contributed by atoms with E-state index in [9.17, 15) is 0 Å². The SMILES string of the molecule is CCC1(CC)CN(Cc2nc(C)c(C)s2)CCCN1. The molecule has 2 rings (SSSR count). The van der Waals surface area contributed by atoms with Gasteiger partial charge < -0.3 is 5.32 Å². The number of aromatic nitrogens is 1. The minimum atomic E-state index is 0.303. The van der Waals surface area contributed by atoms with Crippen molar-refractivity contribution in [1.82, 2.24) is 15.2 Å². The maximum absolute atomic E-state index is 4.69. The van der Waals surface area contributed by atoms with Crippen LogP contribution in [0.25, 0.3) is 0 Å². The van der Waals surface area contributed by atoms with Crippen LogP contribution in [0, 0.1) is 13.8 Å². The largest absolute Gasteiger partial charge is 0.310 e. The minimum Gasteiger partial charge on any atom is -0.310 e. The normalized spacial score (nSPS) is 20.4. The van der Waals surface area contributed by atoms with Crippen LogP contribution < -0.4 is 5.32 Å². The maximum atomic E-state index is 4.69. The van der Waals surface area contributed by atoms with Crippen LogP contribution in [-0.4, -0.2) is 35.1 Å². The third-order valence-corrected chi connectivity index (χ3v) is 5.52. The third kappa shape index (κ3) is 3.56. The van der Waals surface area contributed by atoms with E-state index in [4.69, 9.17) is 4.98 Å². The second-order valence-corrected chi connectivity index (χ2v) is 7.02. The fraction of sp³-hybridized carbons (Fsp3) is 0.800. The van der Waals surface area contributed by atoms with Crippen LogP contribution in [0.3, 0.4) is 0 Å². The molecule has 0 radical (unpaired) electrons. The Labute approximate surface area is 121 Å². The molecule has 4 heteroatoms. The molecule has 0 bridgehead atoms. The number of hydrogen-bond acceptors (Lipinski definition) is 4. The summed E-state index contributed by atoms with van der Waals surface area (Å²) in [5.41, 5.74) is 1.50. The molecular formula is C15H27N3S. The molecule has 0 amide bonds. The molecule has 19 heavy (non-hydrogen) atoms. The van der Waals surface area contributed by atoms with Gasteiger partial charge in [-0.15, -0.1) is 11.3 Å². The van der Waals surface area contributed by atoms with Gasteiger partial charge in [0.1, 0.15) is 5.01 Å². The molecule has 2 heterocycles. The summed E-state index contributed by atoms with van der Waals surface area (Å²) in [4.78, 5) is 8.64. The first-order valence-corrected chi connectivity index (χ1v) is 8.30. The molecule has 1 N–H and O–H groups in total. The van der Waals surface area contributed by atoms with Crippen LogP contribution in [0.2, 0.25) is 0 Å². The predicted molar refractivity (Wildman–Crippen MR) is 82.8 cm³/mol. The maximum Gasteiger partial charge on any atom is 0.107 e. The lowest BCUT2D eigenvalue weighted by molar-refractivity contribution is 0.191. The molecule has 108 valence electrons. The summed E-state index contributed by atoms with van der Waals surface area (Å²) in [7, 11) is 0. The zero-order valence-corrected chi connectivity index (χ0v) is 13.6. The first kappa shape index (κ1) is 14.9. The van der Waals surface area contributed by atoms with Gasteiger partial charge in [0.05, 0.1) is 12.2 Å². The number of aryl methyl sites for hydroxylation is 2. The van der Waals surface area contributed by atoms with Crippen LogP contribution in [0.5, 0.6) is 0 Å². The lowest BCUT2D eigenvalue weighted by Crippen LogP contribution is -2.50. The summed E-state index contributed by atoms with van der Waals surface area (Å²) in [6.45, 7) is 13.4. The summed E-state index contributed by atoms with van der Waals surface area (Å²) in [5.74, 6) is 0. The van der Waals surface area contributed by atoms with Crippen LogP contribution in [-0.2, 0) is 6.54 Å². The Morgan fingerprint density at radius 2 is 2.05 bits per heavy atom. The Bertz CT molecular complexity index is 390. The minimum absolute atomic E-state index is 0.303. The first-order chi connectivity index (χ1) is 9.08. The molecule has 1 saturated heterocycles. The van der Waals surface area contributed by atoms with Crippen molar-refractivity contribution in [2.24, 2.45) is 0 Å². The van der Waals surface area contributed by atoms with Crippen molar-refractivity contribution in [1.29, 1.82) is 0 Å². The van der Waals surface area contributed by atoms with Gasteiger partial charge in [-0.05, 0) is 46.2 Å². The molecule has 1 aromatic rings. The van der Waals surface area contributed by atoms with Gasteiger partial charge in [-0.2, -0.15) is 0 Å². The molecule has 0 spiro atoms. The molecule has 0 saturated carbocycles. The van der Waals surface area contributed by atoms with E-state index >= 15 is 0 Å². The summed E-state index contributed by atoms with van der Waals surface area (Å²) in [6, 6.07) is 0. The molecule has 0 atom stereocenters. The van der Waals surface area contributed by atoms with Crippen molar-refractivity contribution in [2.45, 2.75) is 59.0 Å². The monoisotopic (exact) mass is 281 g/mol. The quantitative estimate of drug-likeness (QED) is 0.919. The fourth-order valence-electron chi connectivity index (χ4n) is 2.88. The van der Waals surface area contributed by atoms with Crippen LogP contribution in [0.4, 0.5) is 0 Å². The highest BCUT2D eigenvalue weighted by molar-refractivity contribution is 7.11. The molecule has 3 nitrogen and oxygen atoms in total. The second-order valence-electron chi connectivity index (χ2n) is 5.73. The zero-order chi connectivity index (χ0) is 13.9. The third-order valence-electron chi connectivity index (χ3n) is 4.46. The molecule has 0 aliphatic carbocycles. The number of nitrogens with one attached hydrogen (secondary N) is 1. The van der Waals surface area contributed by atoms with E-state index in [1.54, 1.807) is 0 Å². The van der Waals surface area contributed by atoms with Crippen molar-refractivity contribution in [3.05, 3.63) is 15.6 Å².